The van der Waals surface area contributed by atoms with Crippen LogP contribution in [0.1, 0.15) is 43.2 Å². The van der Waals surface area contributed by atoms with Crippen LogP contribution in [0.25, 0.3) is 0 Å². The number of ether oxygens (including phenoxy) is 1. The van der Waals surface area contributed by atoms with Crippen molar-refractivity contribution in [1.29, 1.82) is 5.26 Å². The number of halogens is 2. The van der Waals surface area contributed by atoms with Crippen LogP contribution < -0.4 is 4.74 Å². The van der Waals surface area contributed by atoms with Crippen LogP contribution in [0, 0.1) is 17.1 Å². The second kappa shape index (κ2) is 6.60. The Bertz CT molecular complexity index is 747. The molecule has 1 aliphatic rings. The summed E-state index contributed by atoms with van der Waals surface area (Å²) in [5, 5.41) is 9.64. The van der Waals surface area contributed by atoms with Gasteiger partial charge in [-0.05, 0) is 55.5 Å². The van der Waals surface area contributed by atoms with Gasteiger partial charge in [0.25, 0.3) is 0 Å². The van der Waals surface area contributed by atoms with Gasteiger partial charge in [-0.15, -0.1) is 0 Å². The molecule has 118 valence electrons. The van der Waals surface area contributed by atoms with Crippen molar-refractivity contribution in [3.63, 3.8) is 0 Å². The molecule has 3 rings (SSSR count). The molecule has 1 aliphatic carbocycles. The number of hydrogen-bond acceptors (Lipinski definition) is 2. The molecule has 4 heteroatoms. The predicted octanol–water partition coefficient (Wildman–Crippen LogP) is 5.59. The molecule has 0 N–H and O–H groups in total. The molecule has 0 aromatic heterocycles. The molecular formula is C19H17ClFNO. The van der Waals surface area contributed by atoms with Gasteiger partial charge in [0.15, 0.2) is 11.6 Å². The quantitative estimate of drug-likeness (QED) is 0.735. The van der Waals surface area contributed by atoms with Crippen molar-refractivity contribution in [2.45, 2.75) is 37.7 Å². The van der Waals surface area contributed by atoms with Crippen molar-refractivity contribution >= 4 is 11.6 Å². The molecule has 0 spiro atoms. The Kier molecular flexibility index (Phi) is 4.54. The minimum atomic E-state index is -0.595. The van der Waals surface area contributed by atoms with Crippen LogP contribution in [0.2, 0.25) is 5.02 Å². The van der Waals surface area contributed by atoms with Crippen molar-refractivity contribution in [3.8, 4) is 11.8 Å². The van der Waals surface area contributed by atoms with E-state index in [-0.39, 0.29) is 11.3 Å². The van der Waals surface area contributed by atoms with Crippen molar-refractivity contribution in [2.75, 3.05) is 0 Å². The Labute approximate surface area is 140 Å². The summed E-state index contributed by atoms with van der Waals surface area (Å²) in [4.78, 5) is 0. The summed E-state index contributed by atoms with van der Waals surface area (Å²) in [5.74, 6) is -0.465. The summed E-state index contributed by atoms with van der Waals surface area (Å²) in [7, 11) is 0. The van der Waals surface area contributed by atoms with Gasteiger partial charge < -0.3 is 4.74 Å². The summed E-state index contributed by atoms with van der Waals surface area (Å²) in [5.41, 5.74) is 0.379. The van der Waals surface area contributed by atoms with E-state index in [1.54, 1.807) is 12.1 Å². The van der Waals surface area contributed by atoms with Crippen LogP contribution >= 0.6 is 11.6 Å². The van der Waals surface area contributed by atoms with Crippen LogP contribution in [0.4, 0.5) is 4.39 Å². The van der Waals surface area contributed by atoms with Gasteiger partial charge in [-0.1, -0.05) is 36.2 Å². The van der Waals surface area contributed by atoms with E-state index in [1.807, 2.05) is 30.3 Å². The molecule has 0 bridgehead atoms. The molecule has 2 aromatic rings. The lowest BCUT2D eigenvalue weighted by molar-refractivity contribution is 0.0226. The van der Waals surface area contributed by atoms with Gasteiger partial charge in [0, 0.05) is 5.02 Å². The molecule has 2 nitrogen and oxygen atoms in total. The van der Waals surface area contributed by atoms with E-state index in [9.17, 15) is 4.39 Å². The van der Waals surface area contributed by atoms with Gasteiger partial charge in [-0.2, -0.15) is 5.26 Å². The Hall–Kier alpha value is -2.05. The van der Waals surface area contributed by atoms with Gasteiger partial charge in [0.05, 0.1) is 5.56 Å². The van der Waals surface area contributed by atoms with Crippen LogP contribution in [0.5, 0.6) is 5.75 Å². The third-order valence-electron chi connectivity index (χ3n) is 4.40. The Morgan fingerprint density at radius 1 is 1.09 bits per heavy atom. The Morgan fingerprint density at radius 3 is 2.52 bits per heavy atom. The first kappa shape index (κ1) is 15.8. The largest absolute Gasteiger partial charge is 0.479 e. The second-order valence-corrected chi connectivity index (χ2v) is 6.33. The van der Waals surface area contributed by atoms with Crippen molar-refractivity contribution in [1.82, 2.24) is 0 Å². The van der Waals surface area contributed by atoms with E-state index in [1.165, 1.54) is 6.07 Å². The van der Waals surface area contributed by atoms with E-state index >= 15 is 0 Å². The standard InChI is InChI=1S/C19H17ClFNO/c20-16-8-5-7-15(12-16)19(10-2-1-3-11-19)23-17-9-4-6-14(13-22)18(17)21/h4-9,12H,1-3,10-11H2. The lowest BCUT2D eigenvalue weighted by Crippen LogP contribution is -2.35. The molecule has 0 amide bonds. The molecular weight excluding hydrogens is 313 g/mol. The highest BCUT2D eigenvalue weighted by atomic mass is 35.5. The van der Waals surface area contributed by atoms with Gasteiger partial charge in [0.1, 0.15) is 11.7 Å². The van der Waals surface area contributed by atoms with Crippen molar-refractivity contribution in [2.24, 2.45) is 0 Å². The average Bonchev–Trinajstić information content (AvgIpc) is 2.58. The van der Waals surface area contributed by atoms with Gasteiger partial charge >= 0.3 is 0 Å². The minimum absolute atomic E-state index is 0.000413. The van der Waals surface area contributed by atoms with Gasteiger partial charge in [-0.3, -0.25) is 0 Å². The molecule has 2 aromatic carbocycles. The third kappa shape index (κ3) is 3.18. The monoisotopic (exact) mass is 329 g/mol. The van der Waals surface area contributed by atoms with Crippen LogP contribution in [-0.4, -0.2) is 0 Å². The number of nitrogens with zero attached hydrogens (tertiary/aromatic N) is 1. The van der Waals surface area contributed by atoms with Gasteiger partial charge in [-0.25, -0.2) is 4.39 Å². The summed E-state index contributed by atoms with van der Waals surface area (Å²) in [6.07, 6.45) is 4.80. The predicted molar refractivity (Wildman–Crippen MR) is 88.0 cm³/mol. The van der Waals surface area contributed by atoms with E-state index in [2.05, 4.69) is 0 Å². The summed E-state index contributed by atoms with van der Waals surface area (Å²) in [6, 6.07) is 14.1. The zero-order valence-electron chi connectivity index (χ0n) is 12.7. The van der Waals surface area contributed by atoms with E-state index < -0.39 is 11.4 Å². The summed E-state index contributed by atoms with van der Waals surface area (Å²) in [6.45, 7) is 0. The molecule has 1 fully saturated rings. The molecule has 23 heavy (non-hydrogen) atoms. The number of hydrogen-bond donors (Lipinski definition) is 0. The maximum atomic E-state index is 14.4. The molecule has 0 atom stereocenters. The summed E-state index contributed by atoms with van der Waals surface area (Å²) < 4.78 is 20.6. The third-order valence-corrected chi connectivity index (χ3v) is 4.64. The van der Waals surface area contributed by atoms with E-state index in [0.29, 0.717) is 5.02 Å². The SMILES string of the molecule is N#Cc1cccc(OC2(c3cccc(Cl)c3)CCCCC2)c1F. The number of benzene rings is 2. The van der Waals surface area contributed by atoms with E-state index in [4.69, 9.17) is 21.6 Å². The van der Waals surface area contributed by atoms with Crippen LogP contribution in [0.3, 0.4) is 0 Å². The fourth-order valence-corrected chi connectivity index (χ4v) is 3.42. The molecule has 0 unspecified atom stereocenters. The minimum Gasteiger partial charge on any atom is -0.479 e. The number of rotatable bonds is 3. The topological polar surface area (TPSA) is 33.0 Å². The van der Waals surface area contributed by atoms with E-state index in [0.717, 1.165) is 37.7 Å². The highest BCUT2D eigenvalue weighted by Gasteiger charge is 2.37. The lowest BCUT2D eigenvalue weighted by atomic mass is 9.79. The molecule has 1 saturated carbocycles. The van der Waals surface area contributed by atoms with Crippen LogP contribution in [0.15, 0.2) is 42.5 Å². The zero-order valence-corrected chi connectivity index (χ0v) is 13.4. The molecule has 0 heterocycles. The maximum Gasteiger partial charge on any atom is 0.182 e. The first-order valence-corrected chi connectivity index (χ1v) is 8.16. The molecule has 0 radical (unpaired) electrons. The zero-order chi connectivity index (χ0) is 16.3. The highest BCUT2D eigenvalue weighted by Crippen LogP contribution is 2.42. The second-order valence-electron chi connectivity index (χ2n) is 5.90. The van der Waals surface area contributed by atoms with Crippen molar-refractivity contribution in [3.05, 3.63) is 64.4 Å². The van der Waals surface area contributed by atoms with Crippen molar-refractivity contribution < 1.29 is 9.13 Å². The number of nitriles is 1. The lowest BCUT2D eigenvalue weighted by Gasteiger charge is -2.38. The first-order chi connectivity index (χ1) is 11.1. The Balaban J connectivity index is 2.02. The first-order valence-electron chi connectivity index (χ1n) is 7.78. The smallest absolute Gasteiger partial charge is 0.182 e. The fraction of sp³-hybridized carbons (Fsp3) is 0.316. The molecule has 0 saturated heterocycles. The van der Waals surface area contributed by atoms with Gasteiger partial charge in [0.2, 0.25) is 0 Å². The fourth-order valence-electron chi connectivity index (χ4n) is 3.23. The average molecular weight is 330 g/mol. The normalized spacial score (nSPS) is 16.6. The highest BCUT2D eigenvalue weighted by molar-refractivity contribution is 6.30. The maximum absolute atomic E-state index is 14.4. The Morgan fingerprint density at radius 2 is 1.83 bits per heavy atom. The summed E-state index contributed by atoms with van der Waals surface area (Å²) >= 11 is 6.14. The molecule has 0 aliphatic heterocycles. The van der Waals surface area contributed by atoms with Crippen LogP contribution in [-0.2, 0) is 5.60 Å².